The van der Waals surface area contributed by atoms with Crippen LogP contribution in [-0.4, -0.2) is 47.1 Å². The number of carbonyl (C=O) groups excluding carboxylic acids is 1. The predicted octanol–water partition coefficient (Wildman–Crippen LogP) is 5.42. The Kier molecular flexibility index (Phi) is 8.97. The molecule has 39 heavy (non-hydrogen) atoms. The molecule has 0 saturated heterocycles. The molecule has 0 fully saturated rings. The molecule has 5 rings (SSSR count). The van der Waals surface area contributed by atoms with Gasteiger partial charge in [-0.25, -0.2) is 0 Å². The van der Waals surface area contributed by atoms with E-state index in [0.717, 1.165) is 41.8 Å². The number of aromatic nitrogens is 1. The zero-order valence-electron chi connectivity index (χ0n) is 22.9. The molecule has 4 aromatic rings. The molecule has 2 aromatic heterocycles. The Hall–Kier alpha value is -2.78. The first-order valence-corrected chi connectivity index (χ1v) is 15.6. The highest BCUT2D eigenvalue weighted by Crippen LogP contribution is 2.37. The Bertz CT molecular complexity index is 1410. The highest BCUT2D eigenvalue weighted by Gasteiger charge is 2.25. The second-order valence-corrected chi connectivity index (χ2v) is 12.4. The lowest BCUT2D eigenvalue weighted by Gasteiger charge is -2.25. The molecule has 3 heterocycles. The zero-order chi connectivity index (χ0) is 27.4. The first-order valence-electron chi connectivity index (χ1n) is 13.8. The fourth-order valence-electron chi connectivity index (χ4n) is 5.28. The molecule has 0 bridgehead atoms. The number of nitrogens with one attached hydrogen (secondary N) is 2. The summed E-state index contributed by atoms with van der Waals surface area (Å²) in [6.45, 7) is 6.36. The van der Waals surface area contributed by atoms with Gasteiger partial charge in [-0.3, -0.25) is 4.79 Å². The monoisotopic (exact) mass is 562 g/mol. The highest BCUT2D eigenvalue weighted by atomic mass is 32.2. The van der Waals surface area contributed by atoms with Crippen LogP contribution in [0.3, 0.4) is 0 Å². The molecule has 206 valence electrons. The van der Waals surface area contributed by atoms with Gasteiger partial charge in [0.25, 0.3) is 5.91 Å². The zero-order valence-corrected chi connectivity index (χ0v) is 24.6. The molecule has 6 nitrogen and oxygen atoms in total. The first-order chi connectivity index (χ1) is 19.0. The Morgan fingerprint density at radius 3 is 2.67 bits per heavy atom. The smallest absolute Gasteiger partial charge is 0.251 e. The van der Waals surface area contributed by atoms with Gasteiger partial charge in [-0.15, -0.1) is 11.3 Å². The van der Waals surface area contributed by atoms with Crippen molar-refractivity contribution in [1.82, 2.24) is 15.2 Å². The molecule has 0 spiro atoms. The van der Waals surface area contributed by atoms with E-state index in [1.807, 2.05) is 42.5 Å². The molecule has 1 aliphatic heterocycles. The van der Waals surface area contributed by atoms with Gasteiger partial charge in [0.05, 0.1) is 23.3 Å². The van der Waals surface area contributed by atoms with Crippen LogP contribution in [0.25, 0.3) is 10.9 Å². The summed E-state index contributed by atoms with van der Waals surface area (Å²) in [5, 5.41) is 21.1. The van der Waals surface area contributed by atoms with Gasteiger partial charge in [0.2, 0.25) is 0 Å². The fourth-order valence-corrected chi connectivity index (χ4v) is 6.95. The maximum atomic E-state index is 13.7. The maximum Gasteiger partial charge on any atom is 0.251 e. The number of aliphatic hydroxyl groups excluding tert-OH is 1. The van der Waals surface area contributed by atoms with Crippen LogP contribution in [0.15, 0.2) is 60.1 Å². The summed E-state index contributed by atoms with van der Waals surface area (Å²) in [5.74, 6) is 0.833. The van der Waals surface area contributed by atoms with Crippen LogP contribution in [0.1, 0.15) is 45.8 Å². The third-order valence-corrected chi connectivity index (χ3v) is 9.53. The number of anilines is 1. The lowest BCUT2D eigenvalue weighted by molar-refractivity contribution is 0.0830. The van der Waals surface area contributed by atoms with Gasteiger partial charge >= 0.3 is 0 Å². The van der Waals surface area contributed by atoms with Gasteiger partial charge in [-0.2, -0.15) is 0 Å². The minimum atomic E-state index is -0.741. The Labute approximate surface area is 239 Å². The molecule has 2 atom stereocenters. The van der Waals surface area contributed by atoms with E-state index < -0.39 is 12.1 Å². The van der Waals surface area contributed by atoms with Gasteiger partial charge in [0, 0.05) is 54.5 Å². The van der Waals surface area contributed by atoms with E-state index in [-0.39, 0.29) is 5.91 Å². The predicted molar refractivity (Wildman–Crippen MR) is 165 cm³/mol. The summed E-state index contributed by atoms with van der Waals surface area (Å²) in [7, 11) is 2.07. The van der Waals surface area contributed by atoms with Gasteiger partial charge in [0.1, 0.15) is 0 Å². The Morgan fingerprint density at radius 1 is 1.10 bits per heavy atom. The van der Waals surface area contributed by atoms with Crippen molar-refractivity contribution in [3.05, 3.63) is 87.2 Å². The minimum Gasteiger partial charge on any atom is -0.390 e. The number of aryl methyl sites for hydroxylation is 3. The first kappa shape index (κ1) is 27.8. The Balaban J connectivity index is 1.37. The summed E-state index contributed by atoms with van der Waals surface area (Å²) in [5.41, 5.74) is 6.45. The number of thiophene rings is 1. The summed E-state index contributed by atoms with van der Waals surface area (Å²) < 4.78 is 4.50. The van der Waals surface area contributed by atoms with Crippen molar-refractivity contribution in [3.8, 4) is 0 Å². The van der Waals surface area contributed by atoms with Crippen molar-refractivity contribution in [1.29, 1.82) is 0 Å². The van der Waals surface area contributed by atoms with E-state index in [2.05, 4.69) is 58.0 Å². The van der Waals surface area contributed by atoms with E-state index in [1.165, 1.54) is 21.5 Å². The van der Waals surface area contributed by atoms with Gasteiger partial charge < -0.3 is 24.6 Å². The SMILES string of the molecule is CCc1cc(CNC[C@@H](O)[C@H](Cc2ccccc2)NC(=O)c2cc3c4c(c2)c(CC)cn4CCSN3C)cs1. The van der Waals surface area contributed by atoms with Crippen molar-refractivity contribution < 1.29 is 9.90 Å². The minimum absolute atomic E-state index is 0.156. The average molecular weight is 563 g/mol. The standard InChI is InChI=1S/C31H38N4O2S2/c1-4-23-19-35-11-12-39-34(3)28-16-24(15-26(23)30(28)35)31(37)33-27(14-21-9-7-6-8-10-21)29(36)18-32-17-22-13-25(5-2)38-20-22/h6-10,13,15-16,19-20,27,29,32,36H,4-5,11-12,14,17-18H2,1-3H3,(H,33,37)/t27-,29+/m0/s1. The van der Waals surface area contributed by atoms with Gasteiger partial charge in [0.15, 0.2) is 0 Å². The largest absolute Gasteiger partial charge is 0.390 e. The van der Waals surface area contributed by atoms with Crippen LogP contribution in [0.2, 0.25) is 0 Å². The van der Waals surface area contributed by atoms with Crippen LogP contribution < -0.4 is 14.9 Å². The third-order valence-electron chi connectivity index (χ3n) is 7.45. The maximum absolute atomic E-state index is 13.7. The van der Waals surface area contributed by atoms with Crippen LogP contribution >= 0.6 is 23.3 Å². The van der Waals surface area contributed by atoms with Crippen molar-refractivity contribution in [2.75, 3.05) is 23.7 Å². The van der Waals surface area contributed by atoms with Crippen LogP contribution in [0, 0.1) is 0 Å². The molecule has 0 unspecified atom stereocenters. The normalized spacial score (nSPS) is 14.8. The number of carbonyl (C=O) groups is 1. The molecule has 3 N–H and O–H groups in total. The van der Waals surface area contributed by atoms with Crippen molar-refractivity contribution in [2.45, 2.75) is 58.3 Å². The summed E-state index contributed by atoms with van der Waals surface area (Å²) in [6, 6.07) is 15.9. The number of rotatable bonds is 11. The van der Waals surface area contributed by atoms with Crippen molar-refractivity contribution >= 4 is 45.8 Å². The molecule has 1 aliphatic rings. The number of benzene rings is 2. The summed E-state index contributed by atoms with van der Waals surface area (Å²) >= 11 is 3.54. The number of hydrogen-bond donors (Lipinski definition) is 3. The number of nitrogens with zero attached hydrogens (tertiary/aromatic N) is 2. The lowest BCUT2D eigenvalue weighted by Crippen LogP contribution is -2.48. The molecular weight excluding hydrogens is 525 g/mol. The highest BCUT2D eigenvalue weighted by molar-refractivity contribution is 8.00. The van der Waals surface area contributed by atoms with E-state index in [0.29, 0.717) is 25.1 Å². The van der Waals surface area contributed by atoms with Crippen molar-refractivity contribution in [2.24, 2.45) is 0 Å². The second-order valence-electron chi connectivity index (χ2n) is 10.2. The van der Waals surface area contributed by atoms with E-state index in [9.17, 15) is 9.90 Å². The van der Waals surface area contributed by atoms with E-state index >= 15 is 0 Å². The number of amides is 1. The van der Waals surface area contributed by atoms with Crippen molar-refractivity contribution in [3.63, 3.8) is 0 Å². The van der Waals surface area contributed by atoms with E-state index in [1.54, 1.807) is 23.3 Å². The average Bonchev–Trinajstić information content (AvgIpc) is 3.52. The third kappa shape index (κ3) is 6.35. The molecule has 8 heteroatoms. The molecular formula is C31H38N4O2S2. The van der Waals surface area contributed by atoms with Gasteiger partial charge in [-0.1, -0.05) is 44.2 Å². The topological polar surface area (TPSA) is 69.5 Å². The van der Waals surface area contributed by atoms with Crippen LogP contribution in [0.5, 0.6) is 0 Å². The van der Waals surface area contributed by atoms with E-state index in [4.69, 9.17) is 0 Å². The van der Waals surface area contributed by atoms with Crippen LogP contribution in [-0.2, 0) is 32.4 Å². The fraction of sp³-hybridized carbons (Fsp3) is 0.387. The molecule has 0 saturated carbocycles. The molecule has 0 aliphatic carbocycles. The number of hydrogen-bond acceptors (Lipinski definition) is 6. The molecule has 0 radical (unpaired) electrons. The molecule has 1 amide bonds. The quantitative estimate of drug-likeness (QED) is 0.213. The summed E-state index contributed by atoms with van der Waals surface area (Å²) in [4.78, 5) is 15.1. The second kappa shape index (κ2) is 12.6. The summed E-state index contributed by atoms with van der Waals surface area (Å²) in [6.07, 6.45) is 3.99. The van der Waals surface area contributed by atoms with Crippen LogP contribution in [0.4, 0.5) is 5.69 Å². The number of aliphatic hydroxyl groups is 1. The van der Waals surface area contributed by atoms with Gasteiger partial charge in [-0.05, 0) is 71.5 Å². The Morgan fingerprint density at radius 2 is 1.92 bits per heavy atom. The molecule has 2 aromatic carbocycles. The lowest BCUT2D eigenvalue weighted by atomic mass is 9.99.